The van der Waals surface area contributed by atoms with Crippen molar-refractivity contribution in [2.75, 3.05) is 12.0 Å². The SMILES string of the molecule is NNc1ncnc2c1ncn2CCO. The fourth-order valence-electron chi connectivity index (χ4n) is 1.26. The van der Waals surface area contributed by atoms with Gasteiger partial charge in [0.05, 0.1) is 12.9 Å². The van der Waals surface area contributed by atoms with Crippen molar-refractivity contribution in [2.45, 2.75) is 6.54 Å². The fourth-order valence-corrected chi connectivity index (χ4v) is 1.26. The maximum Gasteiger partial charge on any atom is 0.171 e. The third-order valence-electron chi connectivity index (χ3n) is 1.88. The standard InChI is InChI=1S/C7H10N6O/c8-12-6-5-7(10-3-9-6)13(1-2-14)4-11-5/h3-4,14H,1-2,8H2,(H,9,10,12). The van der Waals surface area contributed by atoms with Crippen LogP contribution in [0.15, 0.2) is 12.7 Å². The normalized spacial score (nSPS) is 10.7. The minimum Gasteiger partial charge on any atom is -0.395 e. The number of aromatic nitrogens is 4. The molecular weight excluding hydrogens is 184 g/mol. The molecule has 0 saturated carbocycles. The summed E-state index contributed by atoms with van der Waals surface area (Å²) in [6.45, 7) is 0.498. The molecule has 0 aromatic carbocycles. The van der Waals surface area contributed by atoms with E-state index in [1.807, 2.05) is 0 Å². The lowest BCUT2D eigenvalue weighted by molar-refractivity contribution is 0.277. The molecular formula is C7H10N6O. The third-order valence-corrected chi connectivity index (χ3v) is 1.88. The number of imidazole rings is 1. The number of nitrogens with one attached hydrogen (secondary N) is 1. The van der Waals surface area contributed by atoms with E-state index < -0.39 is 0 Å². The summed E-state index contributed by atoms with van der Waals surface area (Å²) in [6, 6.07) is 0. The van der Waals surface area contributed by atoms with Gasteiger partial charge in [-0.1, -0.05) is 0 Å². The third kappa shape index (κ3) is 1.28. The van der Waals surface area contributed by atoms with Crippen LogP contribution in [0.3, 0.4) is 0 Å². The highest BCUT2D eigenvalue weighted by molar-refractivity contribution is 5.82. The van der Waals surface area contributed by atoms with E-state index in [0.29, 0.717) is 23.5 Å². The van der Waals surface area contributed by atoms with Gasteiger partial charge in [0.2, 0.25) is 0 Å². The van der Waals surface area contributed by atoms with Gasteiger partial charge in [-0.3, -0.25) is 0 Å². The summed E-state index contributed by atoms with van der Waals surface area (Å²) in [7, 11) is 0. The van der Waals surface area contributed by atoms with Crippen LogP contribution in [0.5, 0.6) is 0 Å². The Hall–Kier alpha value is -1.73. The van der Waals surface area contributed by atoms with Gasteiger partial charge in [0, 0.05) is 6.54 Å². The van der Waals surface area contributed by atoms with Crippen LogP contribution in [-0.4, -0.2) is 31.2 Å². The number of nitrogens with two attached hydrogens (primary N) is 1. The topological polar surface area (TPSA) is 102 Å². The second-order valence-corrected chi connectivity index (χ2v) is 2.70. The van der Waals surface area contributed by atoms with Crippen LogP contribution in [0, 0.1) is 0 Å². The van der Waals surface area contributed by atoms with Crippen molar-refractivity contribution in [3.05, 3.63) is 12.7 Å². The summed E-state index contributed by atoms with van der Waals surface area (Å²) >= 11 is 0. The number of hydrogen-bond acceptors (Lipinski definition) is 6. The molecule has 14 heavy (non-hydrogen) atoms. The van der Waals surface area contributed by atoms with E-state index in [1.165, 1.54) is 6.33 Å². The van der Waals surface area contributed by atoms with Gasteiger partial charge in [-0.15, -0.1) is 0 Å². The van der Waals surface area contributed by atoms with E-state index in [4.69, 9.17) is 10.9 Å². The molecule has 0 saturated heterocycles. The molecule has 0 radical (unpaired) electrons. The smallest absolute Gasteiger partial charge is 0.171 e. The van der Waals surface area contributed by atoms with Crippen molar-refractivity contribution in [1.29, 1.82) is 0 Å². The lowest BCUT2D eigenvalue weighted by Gasteiger charge is -2.01. The van der Waals surface area contributed by atoms with Crippen LogP contribution >= 0.6 is 0 Å². The first-order valence-corrected chi connectivity index (χ1v) is 4.10. The lowest BCUT2D eigenvalue weighted by atomic mass is 10.5. The molecule has 2 rings (SSSR count). The van der Waals surface area contributed by atoms with E-state index in [9.17, 15) is 0 Å². The van der Waals surface area contributed by atoms with E-state index in [2.05, 4.69) is 20.4 Å². The van der Waals surface area contributed by atoms with Gasteiger partial charge in [-0.2, -0.15) is 0 Å². The number of aliphatic hydroxyl groups excluding tert-OH is 1. The number of aliphatic hydroxyl groups is 1. The molecule has 0 fully saturated rings. The lowest BCUT2D eigenvalue weighted by Crippen LogP contribution is -2.09. The highest BCUT2D eigenvalue weighted by Crippen LogP contribution is 2.15. The number of nitrogens with zero attached hydrogens (tertiary/aromatic N) is 4. The van der Waals surface area contributed by atoms with Crippen molar-refractivity contribution >= 4 is 17.0 Å². The average Bonchev–Trinajstić information content (AvgIpc) is 2.62. The van der Waals surface area contributed by atoms with Gasteiger partial charge in [-0.25, -0.2) is 20.8 Å². The van der Waals surface area contributed by atoms with Gasteiger partial charge in [0.1, 0.15) is 6.33 Å². The second kappa shape index (κ2) is 3.56. The monoisotopic (exact) mass is 194 g/mol. The Morgan fingerprint density at radius 3 is 3.00 bits per heavy atom. The van der Waals surface area contributed by atoms with Crippen molar-refractivity contribution in [3.8, 4) is 0 Å². The first kappa shape index (κ1) is 8.85. The van der Waals surface area contributed by atoms with E-state index >= 15 is 0 Å². The zero-order chi connectivity index (χ0) is 9.97. The molecule has 0 unspecified atom stereocenters. The molecule has 2 heterocycles. The molecule has 2 aromatic rings. The molecule has 7 nitrogen and oxygen atoms in total. The van der Waals surface area contributed by atoms with Crippen molar-refractivity contribution in [3.63, 3.8) is 0 Å². The first-order chi connectivity index (χ1) is 6.86. The number of hydrazine groups is 1. The minimum absolute atomic E-state index is 0.0425. The summed E-state index contributed by atoms with van der Waals surface area (Å²) in [4.78, 5) is 12.1. The molecule has 0 aliphatic rings. The largest absolute Gasteiger partial charge is 0.395 e. The Morgan fingerprint density at radius 1 is 1.43 bits per heavy atom. The Morgan fingerprint density at radius 2 is 2.29 bits per heavy atom. The number of rotatable bonds is 3. The first-order valence-electron chi connectivity index (χ1n) is 4.10. The highest BCUT2D eigenvalue weighted by Gasteiger charge is 2.07. The molecule has 0 atom stereocenters. The quantitative estimate of drug-likeness (QED) is 0.432. The van der Waals surface area contributed by atoms with Crippen LogP contribution in [0.4, 0.5) is 5.82 Å². The molecule has 2 aromatic heterocycles. The molecule has 0 spiro atoms. The van der Waals surface area contributed by atoms with Crippen molar-refractivity contribution in [2.24, 2.45) is 5.84 Å². The van der Waals surface area contributed by atoms with Crippen LogP contribution in [0.25, 0.3) is 11.2 Å². The maximum absolute atomic E-state index is 8.79. The predicted molar refractivity (Wildman–Crippen MR) is 50.2 cm³/mol. The molecule has 4 N–H and O–H groups in total. The van der Waals surface area contributed by atoms with E-state index in [0.717, 1.165) is 0 Å². The Kier molecular flexibility index (Phi) is 2.25. The molecule has 0 aliphatic heterocycles. The van der Waals surface area contributed by atoms with Gasteiger partial charge in [0.15, 0.2) is 17.0 Å². The van der Waals surface area contributed by atoms with Crippen LogP contribution < -0.4 is 11.3 Å². The van der Waals surface area contributed by atoms with Crippen LogP contribution in [0.2, 0.25) is 0 Å². The zero-order valence-electron chi connectivity index (χ0n) is 7.38. The van der Waals surface area contributed by atoms with E-state index in [-0.39, 0.29) is 6.61 Å². The number of anilines is 1. The number of nitrogen functional groups attached to an aromatic ring is 1. The summed E-state index contributed by atoms with van der Waals surface area (Å²) in [5.41, 5.74) is 3.69. The Labute approximate surface area is 79.6 Å². The Bertz CT molecular complexity index is 439. The van der Waals surface area contributed by atoms with Crippen LogP contribution in [-0.2, 0) is 6.54 Å². The number of hydrogen-bond donors (Lipinski definition) is 3. The summed E-state index contributed by atoms with van der Waals surface area (Å²) < 4.78 is 1.73. The molecule has 0 bridgehead atoms. The molecule has 0 amide bonds. The minimum atomic E-state index is 0.0425. The number of fused-ring (bicyclic) bond motifs is 1. The highest BCUT2D eigenvalue weighted by atomic mass is 16.3. The van der Waals surface area contributed by atoms with Crippen LogP contribution in [0.1, 0.15) is 0 Å². The van der Waals surface area contributed by atoms with Gasteiger partial charge in [0.25, 0.3) is 0 Å². The van der Waals surface area contributed by atoms with Gasteiger partial charge in [-0.05, 0) is 0 Å². The van der Waals surface area contributed by atoms with Crippen molar-refractivity contribution in [1.82, 2.24) is 19.5 Å². The second-order valence-electron chi connectivity index (χ2n) is 2.70. The summed E-state index contributed by atoms with van der Waals surface area (Å²) in [6.07, 6.45) is 2.99. The van der Waals surface area contributed by atoms with Gasteiger partial charge >= 0.3 is 0 Å². The fraction of sp³-hybridized carbons (Fsp3) is 0.286. The zero-order valence-corrected chi connectivity index (χ0v) is 7.38. The summed E-state index contributed by atoms with van der Waals surface area (Å²) in [5.74, 6) is 5.74. The molecule has 0 aliphatic carbocycles. The summed E-state index contributed by atoms with van der Waals surface area (Å²) in [5, 5.41) is 8.79. The maximum atomic E-state index is 8.79. The van der Waals surface area contributed by atoms with Crippen molar-refractivity contribution < 1.29 is 5.11 Å². The molecule has 7 heteroatoms. The average molecular weight is 194 g/mol. The predicted octanol–water partition coefficient (Wildman–Crippen LogP) is -0.896. The van der Waals surface area contributed by atoms with E-state index in [1.54, 1.807) is 10.9 Å². The molecule has 74 valence electrons. The Balaban J connectivity index is 2.57. The van der Waals surface area contributed by atoms with Gasteiger partial charge < -0.3 is 15.1 Å².